The molecule has 2 aromatic rings. The van der Waals surface area contributed by atoms with Crippen LogP contribution in [0.1, 0.15) is 21.3 Å². The highest BCUT2D eigenvalue weighted by molar-refractivity contribution is 7.11. The van der Waals surface area contributed by atoms with E-state index in [4.69, 9.17) is 5.11 Å². The van der Waals surface area contributed by atoms with Crippen molar-refractivity contribution in [2.75, 3.05) is 0 Å². The highest BCUT2D eigenvalue weighted by Gasteiger charge is 2.11. The number of pyridine rings is 1. The molecule has 2 rings (SSSR count). The molecule has 0 atom stereocenters. The minimum atomic E-state index is -0.818. The second kappa shape index (κ2) is 5.05. The van der Waals surface area contributed by atoms with Gasteiger partial charge in [-0.2, -0.15) is 0 Å². The molecule has 17 heavy (non-hydrogen) atoms. The highest BCUT2D eigenvalue weighted by atomic mass is 32.1. The summed E-state index contributed by atoms with van der Waals surface area (Å²) in [5.41, 5.74) is 1.76. The summed E-state index contributed by atoms with van der Waals surface area (Å²) in [5, 5.41) is 9.67. The Morgan fingerprint density at radius 2 is 2.29 bits per heavy atom. The molecule has 1 N–H and O–H groups in total. The first-order valence-corrected chi connectivity index (χ1v) is 6.03. The third-order valence-electron chi connectivity index (χ3n) is 2.31. The van der Waals surface area contributed by atoms with Crippen molar-refractivity contribution in [3.63, 3.8) is 0 Å². The van der Waals surface area contributed by atoms with Gasteiger partial charge in [-0.15, -0.1) is 11.3 Å². The lowest BCUT2D eigenvalue weighted by molar-refractivity contribution is -0.136. The molecule has 0 aromatic carbocycles. The summed E-state index contributed by atoms with van der Waals surface area (Å²) in [5.74, 6) is -0.818. The van der Waals surface area contributed by atoms with Crippen LogP contribution >= 0.6 is 11.3 Å². The van der Waals surface area contributed by atoms with Crippen molar-refractivity contribution < 1.29 is 9.90 Å². The van der Waals surface area contributed by atoms with Gasteiger partial charge in [0.2, 0.25) is 0 Å². The summed E-state index contributed by atoms with van der Waals surface area (Å²) in [6.07, 6.45) is 2.45. The van der Waals surface area contributed by atoms with Crippen molar-refractivity contribution in [1.29, 1.82) is 0 Å². The van der Waals surface area contributed by atoms with E-state index in [2.05, 4.69) is 9.97 Å². The summed E-state index contributed by atoms with van der Waals surface area (Å²) in [6, 6.07) is 5.74. The number of aromatic nitrogens is 2. The third-order valence-corrected chi connectivity index (χ3v) is 3.46. The molecule has 0 amide bonds. The lowest BCUT2D eigenvalue weighted by Gasteiger charge is -1.94. The molecule has 88 valence electrons. The molecule has 5 heteroatoms. The molecular weight excluding hydrogens is 236 g/mol. The van der Waals surface area contributed by atoms with E-state index in [-0.39, 0.29) is 6.42 Å². The van der Waals surface area contributed by atoms with Gasteiger partial charge in [-0.1, -0.05) is 6.07 Å². The predicted molar refractivity (Wildman–Crippen MR) is 65.2 cm³/mol. The highest BCUT2D eigenvalue weighted by Crippen LogP contribution is 2.20. The van der Waals surface area contributed by atoms with E-state index in [0.29, 0.717) is 6.42 Å². The van der Waals surface area contributed by atoms with Crippen LogP contribution in [0.15, 0.2) is 24.4 Å². The Bertz CT molecular complexity index is 523. The SMILES string of the molecule is Cc1nc(Cc2ccccn2)sc1CC(=O)O. The lowest BCUT2D eigenvalue weighted by Crippen LogP contribution is -1.99. The largest absolute Gasteiger partial charge is 0.481 e. The first-order valence-electron chi connectivity index (χ1n) is 5.22. The Morgan fingerprint density at radius 3 is 2.94 bits per heavy atom. The average molecular weight is 248 g/mol. The topological polar surface area (TPSA) is 63.1 Å². The predicted octanol–water partition coefficient (Wildman–Crippen LogP) is 2.06. The molecule has 2 aromatic heterocycles. The van der Waals surface area contributed by atoms with Crippen LogP contribution in [-0.2, 0) is 17.6 Å². The summed E-state index contributed by atoms with van der Waals surface area (Å²) in [7, 11) is 0. The van der Waals surface area contributed by atoms with Gasteiger partial charge in [-0.3, -0.25) is 9.78 Å². The van der Waals surface area contributed by atoms with Crippen LogP contribution in [-0.4, -0.2) is 21.0 Å². The van der Waals surface area contributed by atoms with Crippen LogP contribution in [0.4, 0.5) is 0 Å². The fourth-order valence-corrected chi connectivity index (χ4v) is 2.60. The van der Waals surface area contributed by atoms with Crippen LogP contribution in [0.2, 0.25) is 0 Å². The molecule has 0 aliphatic rings. The smallest absolute Gasteiger partial charge is 0.308 e. The second-order valence-corrected chi connectivity index (χ2v) is 4.85. The van der Waals surface area contributed by atoms with Crippen molar-refractivity contribution in [2.45, 2.75) is 19.8 Å². The maximum atomic E-state index is 10.7. The Hall–Kier alpha value is -1.75. The van der Waals surface area contributed by atoms with E-state index in [1.165, 1.54) is 11.3 Å². The summed E-state index contributed by atoms with van der Waals surface area (Å²) < 4.78 is 0. The van der Waals surface area contributed by atoms with Gasteiger partial charge in [-0.05, 0) is 19.1 Å². The molecule has 0 radical (unpaired) electrons. The normalized spacial score (nSPS) is 10.4. The Labute approximate surface area is 103 Å². The summed E-state index contributed by atoms with van der Waals surface area (Å²) in [6.45, 7) is 1.84. The number of rotatable bonds is 4. The monoisotopic (exact) mass is 248 g/mol. The van der Waals surface area contributed by atoms with Crippen LogP contribution in [0, 0.1) is 6.92 Å². The van der Waals surface area contributed by atoms with Crippen LogP contribution < -0.4 is 0 Å². The number of aliphatic carboxylic acids is 1. The first kappa shape index (κ1) is 11.7. The zero-order valence-corrected chi connectivity index (χ0v) is 10.2. The molecule has 0 bridgehead atoms. The zero-order valence-electron chi connectivity index (χ0n) is 9.38. The summed E-state index contributed by atoms with van der Waals surface area (Å²) in [4.78, 5) is 20.1. The van der Waals surface area contributed by atoms with Gasteiger partial charge in [0, 0.05) is 23.2 Å². The zero-order chi connectivity index (χ0) is 12.3. The maximum Gasteiger partial charge on any atom is 0.308 e. The molecule has 2 heterocycles. The molecule has 0 saturated carbocycles. The van der Waals surface area contributed by atoms with Gasteiger partial charge in [0.1, 0.15) is 0 Å². The van der Waals surface area contributed by atoms with E-state index < -0.39 is 5.97 Å². The van der Waals surface area contributed by atoms with Crippen molar-refractivity contribution in [1.82, 2.24) is 9.97 Å². The number of hydrogen-bond donors (Lipinski definition) is 1. The van der Waals surface area contributed by atoms with Crippen molar-refractivity contribution in [2.24, 2.45) is 0 Å². The molecule has 0 unspecified atom stereocenters. The van der Waals surface area contributed by atoms with Crippen molar-refractivity contribution in [3.8, 4) is 0 Å². The molecule has 0 aliphatic carbocycles. The van der Waals surface area contributed by atoms with Gasteiger partial charge >= 0.3 is 5.97 Å². The lowest BCUT2D eigenvalue weighted by atomic mass is 10.3. The number of carboxylic acids is 1. The third kappa shape index (κ3) is 3.10. The van der Waals surface area contributed by atoms with Gasteiger partial charge in [-0.25, -0.2) is 4.98 Å². The summed E-state index contributed by atoms with van der Waals surface area (Å²) >= 11 is 1.45. The quantitative estimate of drug-likeness (QED) is 0.899. The molecule has 4 nitrogen and oxygen atoms in total. The van der Waals surface area contributed by atoms with Gasteiger partial charge in [0.15, 0.2) is 0 Å². The molecular formula is C12H12N2O2S. The van der Waals surface area contributed by atoms with E-state index in [9.17, 15) is 4.79 Å². The van der Waals surface area contributed by atoms with Gasteiger partial charge in [0.05, 0.1) is 17.1 Å². The van der Waals surface area contributed by atoms with Crippen molar-refractivity contribution >= 4 is 17.3 Å². The molecule has 0 aliphatic heterocycles. The number of nitrogens with zero attached hydrogens (tertiary/aromatic N) is 2. The van der Waals surface area contributed by atoms with Crippen LogP contribution in [0.25, 0.3) is 0 Å². The van der Waals surface area contributed by atoms with E-state index in [0.717, 1.165) is 21.3 Å². The molecule has 0 spiro atoms. The maximum absolute atomic E-state index is 10.7. The standard InChI is InChI=1S/C12H12N2O2S/c1-8-10(7-12(15)16)17-11(14-8)6-9-4-2-3-5-13-9/h2-5H,6-7H2,1H3,(H,15,16). The van der Waals surface area contributed by atoms with Crippen LogP contribution in [0.3, 0.4) is 0 Å². The first-order chi connectivity index (χ1) is 8.15. The van der Waals surface area contributed by atoms with E-state index >= 15 is 0 Å². The fraction of sp³-hybridized carbons (Fsp3) is 0.250. The van der Waals surface area contributed by atoms with E-state index in [1.807, 2.05) is 25.1 Å². The van der Waals surface area contributed by atoms with Gasteiger partial charge in [0.25, 0.3) is 0 Å². The fourth-order valence-electron chi connectivity index (χ4n) is 1.52. The van der Waals surface area contributed by atoms with Crippen LogP contribution in [0.5, 0.6) is 0 Å². The number of carbonyl (C=O) groups is 1. The minimum absolute atomic E-state index is 0.0473. The van der Waals surface area contributed by atoms with Gasteiger partial charge < -0.3 is 5.11 Å². The minimum Gasteiger partial charge on any atom is -0.481 e. The Morgan fingerprint density at radius 1 is 1.47 bits per heavy atom. The second-order valence-electron chi connectivity index (χ2n) is 3.68. The number of thiazole rings is 1. The van der Waals surface area contributed by atoms with E-state index in [1.54, 1.807) is 6.20 Å². The molecule has 0 saturated heterocycles. The number of hydrogen-bond acceptors (Lipinski definition) is 4. The number of aryl methyl sites for hydroxylation is 1. The number of carboxylic acid groups (broad SMARTS) is 1. The average Bonchev–Trinajstić information content (AvgIpc) is 2.59. The Kier molecular flexibility index (Phi) is 3.49. The Balaban J connectivity index is 2.15. The van der Waals surface area contributed by atoms with Crippen molar-refractivity contribution in [3.05, 3.63) is 45.7 Å². The molecule has 0 fully saturated rings.